The van der Waals surface area contributed by atoms with Gasteiger partial charge in [-0.3, -0.25) is 9.78 Å². The molecule has 5 heteroatoms. The van der Waals surface area contributed by atoms with Gasteiger partial charge in [-0.15, -0.1) is 0 Å². The molecule has 3 aromatic rings. The number of ketones is 1. The number of carbonyl (C=O) groups excluding carboxylic acids is 1. The van der Waals surface area contributed by atoms with Crippen LogP contribution in [0.15, 0.2) is 36.7 Å². The molecule has 0 amide bonds. The third kappa shape index (κ3) is 1.34. The zero-order valence-corrected chi connectivity index (χ0v) is 10.8. The van der Waals surface area contributed by atoms with Gasteiger partial charge in [0.1, 0.15) is 10.9 Å². The molecule has 0 saturated heterocycles. The van der Waals surface area contributed by atoms with E-state index in [2.05, 4.69) is 9.97 Å². The van der Waals surface area contributed by atoms with Gasteiger partial charge in [-0.25, -0.2) is 4.98 Å². The number of phenols is 1. The van der Waals surface area contributed by atoms with E-state index in [0.29, 0.717) is 16.6 Å². The summed E-state index contributed by atoms with van der Waals surface area (Å²) in [6.07, 6.45) is 3.18. The number of hydrogen-bond donors (Lipinski definition) is 1. The van der Waals surface area contributed by atoms with E-state index in [4.69, 9.17) is 11.6 Å². The Kier molecular flexibility index (Phi) is 2.15. The fraction of sp³-hybridized carbons (Fsp3) is 0. The van der Waals surface area contributed by atoms with Crippen molar-refractivity contribution in [2.75, 3.05) is 0 Å². The average Bonchev–Trinajstić information content (AvgIpc) is 2.74. The maximum atomic E-state index is 12.4. The Labute approximate surface area is 118 Å². The minimum absolute atomic E-state index is 0.111. The Balaban J connectivity index is 2.23. The van der Waals surface area contributed by atoms with Crippen molar-refractivity contribution in [3.05, 3.63) is 52.9 Å². The molecule has 0 aliphatic heterocycles. The van der Waals surface area contributed by atoms with Gasteiger partial charge in [0.05, 0.1) is 11.1 Å². The van der Waals surface area contributed by atoms with Crippen LogP contribution in [0.2, 0.25) is 5.15 Å². The van der Waals surface area contributed by atoms with Crippen molar-refractivity contribution in [2.45, 2.75) is 0 Å². The molecule has 2 aromatic heterocycles. The molecule has 0 radical (unpaired) electrons. The first kappa shape index (κ1) is 11.4. The summed E-state index contributed by atoms with van der Waals surface area (Å²) in [5.41, 5.74) is 3.08. The van der Waals surface area contributed by atoms with Crippen molar-refractivity contribution < 1.29 is 9.90 Å². The standard InChI is InChI=1S/C15H7ClN2O2/c16-15-13-12(8-3-4-17-6-10(8)14(13)20)9-2-1-7(19)5-11(9)18-15/h1-6,19H. The lowest BCUT2D eigenvalue weighted by molar-refractivity contribution is 0.104. The van der Waals surface area contributed by atoms with Crippen LogP contribution in [0.1, 0.15) is 15.9 Å². The summed E-state index contributed by atoms with van der Waals surface area (Å²) in [4.78, 5) is 20.6. The first-order chi connectivity index (χ1) is 9.66. The summed E-state index contributed by atoms with van der Waals surface area (Å²) < 4.78 is 0. The highest BCUT2D eigenvalue weighted by Crippen LogP contribution is 2.43. The number of pyridine rings is 2. The first-order valence-corrected chi connectivity index (χ1v) is 6.36. The third-order valence-corrected chi connectivity index (χ3v) is 3.76. The van der Waals surface area contributed by atoms with E-state index in [-0.39, 0.29) is 16.7 Å². The Morgan fingerprint density at radius 1 is 1.10 bits per heavy atom. The molecule has 1 aliphatic rings. The van der Waals surface area contributed by atoms with Crippen LogP contribution in [-0.4, -0.2) is 20.9 Å². The quantitative estimate of drug-likeness (QED) is 0.503. The molecule has 1 N–H and O–H groups in total. The Morgan fingerprint density at radius 3 is 2.80 bits per heavy atom. The molecular weight excluding hydrogens is 276 g/mol. The predicted molar refractivity (Wildman–Crippen MR) is 75.1 cm³/mol. The molecule has 0 saturated carbocycles. The second-order valence-electron chi connectivity index (χ2n) is 4.60. The van der Waals surface area contributed by atoms with Crippen LogP contribution in [0.5, 0.6) is 5.75 Å². The maximum absolute atomic E-state index is 12.4. The molecule has 2 heterocycles. The largest absolute Gasteiger partial charge is 0.508 e. The summed E-state index contributed by atoms with van der Waals surface area (Å²) in [7, 11) is 0. The molecule has 20 heavy (non-hydrogen) atoms. The number of carbonyl (C=O) groups is 1. The highest BCUT2D eigenvalue weighted by Gasteiger charge is 2.31. The molecule has 4 nitrogen and oxygen atoms in total. The number of benzene rings is 1. The second kappa shape index (κ2) is 3.77. The molecule has 0 atom stereocenters. The molecule has 1 aliphatic carbocycles. The van der Waals surface area contributed by atoms with Crippen LogP contribution >= 0.6 is 11.6 Å². The minimum Gasteiger partial charge on any atom is -0.508 e. The molecule has 96 valence electrons. The smallest absolute Gasteiger partial charge is 0.198 e. The Morgan fingerprint density at radius 2 is 1.95 bits per heavy atom. The Bertz CT molecular complexity index is 906. The van der Waals surface area contributed by atoms with Crippen LogP contribution in [0.3, 0.4) is 0 Å². The van der Waals surface area contributed by atoms with Crippen LogP contribution in [0.25, 0.3) is 22.0 Å². The van der Waals surface area contributed by atoms with E-state index in [1.807, 2.05) is 0 Å². The average molecular weight is 283 g/mol. The summed E-state index contributed by atoms with van der Waals surface area (Å²) in [6.45, 7) is 0. The number of phenolic OH excluding ortho intramolecular Hbond substituents is 1. The summed E-state index contributed by atoms with van der Waals surface area (Å²) in [6, 6.07) is 6.64. The zero-order valence-electron chi connectivity index (χ0n) is 10.1. The van der Waals surface area contributed by atoms with Gasteiger partial charge in [0.25, 0.3) is 0 Å². The molecule has 0 bridgehead atoms. The van der Waals surface area contributed by atoms with E-state index in [9.17, 15) is 9.90 Å². The Hall–Kier alpha value is -2.46. The molecule has 0 fully saturated rings. The van der Waals surface area contributed by atoms with Crippen molar-refractivity contribution in [1.29, 1.82) is 0 Å². The molecule has 0 spiro atoms. The van der Waals surface area contributed by atoms with Crippen LogP contribution in [0, 0.1) is 0 Å². The van der Waals surface area contributed by atoms with Crippen molar-refractivity contribution in [3.63, 3.8) is 0 Å². The van der Waals surface area contributed by atoms with Crippen LogP contribution in [0.4, 0.5) is 0 Å². The van der Waals surface area contributed by atoms with Gasteiger partial charge >= 0.3 is 0 Å². The maximum Gasteiger partial charge on any atom is 0.198 e. The summed E-state index contributed by atoms with van der Waals surface area (Å²) in [5, 5.41) is 10.5. The van der Waals surface area contributed by atoms with E-state index in [0.717, 1.165) is 16.5 Å². The van der Waals surface area contributed by atoms with Crippen molar-refractivity contribution in [1.82, 2.24) is 9.97 Å². The monoisotopic (exact) mass is 282 g/mol. The van der Waals surface area contributed by atoms with Crippen LogP contribution in [-0.2, 0) is 0 Å². The highest BCUT2D eigenvalue weighted by molar-refractivity contribution is 6.38. The fourth-order valence-corrected chi connectivity index (χ4v) is 2.91. The zero-order chi connectivity index (χ0) is 13.9. The third-order valence-electron chi connectivity index (χ3n) is 3.49. The second-order valence-corrected chi connectivity index (χ2v) is 4.96. The van der Waals surface area contributed by atoms with Gasteiger partial charge in [-0.2, -0.15) is 0 Å². The highest BCUT2D eigenvalue weighted by atomic mass is 35.5. The number of aromatic nitrogens is 2. The van der Waals surface area contributed by atoms with E-state index >= 15 is 0 Å². The number of fused-ring (bicyclic) bond motifs is 5. The lowest BCUT2D eigenvalue weighted by Gasteiger charge is -2.07. The number of aromatic hydroxyl groups is 1. The number of rotatable bonds is 0. The van der Waals surface area contributed by atoms with Gasteiger partial charge in [-0.1, -0.05) is 11.6 Å². The van der Waals surface area contributed by atoms with Crippen molar-refractivity contribution in [3.8, 4) is 16.9 Å². The predicted octanol–water partition coefficient (Wildman–Crippen LogP) is 3.20. The SMILES string of the molecule is O=C1c2cnccc2-c2c1c(Cl)nc1cc(O)ccc21. The minimum atomic E-state index is -0.157. The van der Waals surface area contributed by atoms with Gasteiger partial charge in [0.2, 0.25) is 0 Å². The first-order valence-electron chi connectivity index (χ1n) is 5.98. The lowest BCUT2D eigenvalue weighted by Crippen LogP contribution is -1.98. The normalized spacial score (nSPS) is 12.6. The number of hydrogen-bond acceptors (Lipinski definition) is 4. The topological polar surface area (TPSA) is 63.1 Å². The van der Waals surface area contributed by atoms with Gasteiger partial charge in [-0.05, 0) is 23.8 Å². The van der Waals surface area contributed by atoms with Crippen molar-refractivity contribution >= 4 is 28.3 Å². The summed E-state index contributed by atoms with van der Waals surface area (Å²) >= 11 is 6.15. The molecule has 1 aromatic carbocycles. The van der Waals surface area contributed by atoms with E-state index in [1.165, 1.54) is 6.07 Å². The molecule has 0 unspecified atom stereocenters. The lowest BCUT2D eigenvalue weighted by atomic mass is 10.0. The van der Waals surface area contributed by atoms with Crippen LogP contribution < -0.4 is 0 Å². The van der Waals surface area contributed by atoms with E-state index < -0.39 is 0 Å². The molecule has 4 rings (SSSR count). The fourth-order valence-electron chi connectivity index (χ4n) is 2.64. The number of nitrogens with zero attached hydrogens (tertiary/aromatic N) is 2. The van der Waals surface area contributed by atoms with E-state index in [1.54, 1.807) is 30.6 Å². The van der Waals surface area contributed by atoms with Gasteiger partial charge in [0.15, 0.2) is 5.78 Å². The number of halogens is 1. The molecular formula is C15H7ClN2O2. The van der Waals surface area contributed by atoms with Gasteiger partial charge < -0.3 is 5.11 Å². The summed E-state index contributed by atoms with van der Waals surface area (Å²) in [5.74, 6) is -0.0455. The van der Waals surface area contributed by atoms with Crippen molar-refractivity contribution in [2.24, 2.45) is 0 Å². The van der Waals surface area contributed by atoms with Gasteiger partial charge in [0, 0.05) is 35.0 Å².